The first kappa shape index (κ1) is 29.9. The van der Waals surface area contributed by atoms with Gasteiger partial charge in [-0.2, -0.15) is 0 Å². The van der Waals surface area contributed by atoms with Gasteiger partial charge in [0.15, 0.2) is 0 Å². The molecule has 0 aliphatic heterocycles. The summed E-state index contributed by atoms with van der Waals surface area (Å²) in [5.74, 6) is 0.130. The summed E-state index contributed by atoms with van der Waals surface area (Å²) in [6.07, 6.45) is 3.05. The zero-order valence-electron chi connectivity index (χ0n) is 22.7. The fourth-order valence-corrected chi connectivity index (χ4v) is 5.17. The molecule has 0 aliphatic carbocycles. The van der Waals surface area contributed by atoms with Gasteiger partial charge in [0.05, 0.1) is 5.39 Å². The number of alkyl carbamates (subject to hydrolysis) is 1. The maximum Gasteiger partial charge on any atom is 0.408 e. The van der Waals surface area contributed by atoms with E-state index in [1.807, 2.05) is 16.8 Å². The molecule has 0 spiro atoms. The predicted molar refractivity (Wildman–Crippen MR) is 158 cm³/mol. The molecule has 2 heterocycles. The molecule has 0 radical (unpaired) electrons. The van der Waals surface area contributed by atoms with Crippen LogP contribution in [-0.2, 0) is 27.4 Å². The molecule has 0 fully saturated rings. The van der Waals surface area contributed by atoms with E-state index in [0.29, 0.717) is 18.2 Å². The number of aromatic nitrogens is 2. The minimum atomic E-state index is -1.16. The Labute approximate surface area is 238 Å². The van der Waals surface area contributed by atoms with E-state index in [1.165, 1.54) is 0 Å². The fourth-order valence-electron chi connectivity index (χ4n) is 3.57. The van der Waals surface area contributed by atoms with E-state index in [0.717, 1.165) is 32.8 Å². The maximum absolute atomic E-state index is 12.0. The standard InChI is InChI=1S/C27H36IN3O6Si/c1-27(2,3)37-26(34)30-21(25(32)33)15-18-7-9-19(10-8-18)36-22-11-12-29-24-23(22)20(28)16-31(24)17-35-13-14-38(4,5)6/h7-12,16,21H,13-15,17H2,1-6H3,(H,30,34)(H,32,33)/t21-/m0/s1. The Morgan fingerprint density at radius 2 is 1.84 bits per heavy atom. The molecule has 9 nitrogen and oxygen atoms in total. The first-order valence-electron chi connectivity index (χ1n) is 12.4. The van der Waals surface area contributed by atoms with Crippen molar-refractivity contribution in [3.05, 3.63) is 51.9 Å². The lowest BCUT2D eigenvalue weighted by Gasteiger charge is -2.22. The number of carboxylic acids is 1. The number of ether oxygens (including phenoxy) is 3. The molecule has 206 valence electrons. The maximum atomic E-state index is 12.0. The number of hydrogen-bond acceptors (Lipinski definition) is 6. The molecule has 11 heteroatoms. The van der Waals surface area contributed by atoms with Crippen molar-refractivity contribution in [2.45, 2.75) is 71.3 Å². The summed E-state index contributed by atoms with van der Waals surface area (Å²) < 4.78 is 20.3. The molecule has 0 saturated carbocycles. The van der Waals surface area contributed by atoms with Gasteiger partial charge in [0.25, 0.3) is 0 Å². The van der Waals surface area contributed by atoms with Gasteiger partial charge in [-0.05, 0) is 73.2 Å². The number of amides is 1. The molecule has 2 aromatic heterocycles. The highest BCUT2D eigenvalue weighted by Gasteiger charge is 2.24. The lowest BCUT2D eigenvalue weighted by Crippen LogP contribution is -2.44. The Kier molecular flexibility index (Phi) is 9.82. The highest BCUT2D eigenvalue weighted by molar-refractivity contribution is 14.1. The predicted octanol–water partition coefficient (Wildman–Crippen LogP) is 6.27. The molecule has 1 amide bonds. The monoisotopic (exact) mass is 653 g/mol. The highest BCUT2D eigenvalue weighted by Crippen LogP contribution is 2.33. The lowest BCUT2D eigenvalue weighted by atomic mass is 10.1. The number of aliphatic carboxylic acids is 1. The van der Waals surface area contributed by atoms with Crippen molar-refractivity contribution in [3.63, 3.8) is 0 Å². The summed E-state index contributed by atoms with van der Waals surface area (Å²) in [6, 6.07) is 8.91. The van der Waals surface area contributed by atoms with Crippen LogP contribution in [0.15, 0.2) is 42.7 Å². The second-order valence-corrected chi connectivity index (χ2v) is 18.1. The van der Waals surface area contributed by atoms with Crippen molar-refractivity contribution in [3.8, 4) is 11.5 Å². The molecule has 2 N–H and O–H groups in total. The number of benzene rings is 1. The zero-order valence-corrected chi connectivity index (χ0v) is 25.9. The molecule has 1 atom stereocenters. The number of fused-ring (bicyclic) bond motifs is 1. The average Bonchev–Trinajstić information content (AvgIpc) is 3.12. The van der Waals surface area contributed by atoms with Gasteiger partial charge >= 0.3 is 12.1 Å². The van der Waals surface area contributed by atoms with Crippen molar-refractivity contribution in [1.82, 2.24) is 14.9 Å². The van der Waals surface area contributed by atoms with E-state index < -0.39 is 31.8 Å². The van der Waals surface area contributed by atoms with Crippen molar-refractivity contribution >= 4 is 53.8 Å². The van der Waals surface area contributed by atoms with Crippen molar-refractivity contribution in [1.29, 1.82) is 0 Å². The normalized spacial score (nSPS) is 12.8. The minimum Gasteiger partial charge on any atom is -0.480 e. The van der Waals surface area contributed by atoms with Gasteiger partial charge in [-0.3, -0.25) is 0 Å². The number of nitrogens with one attached hydrogen (secondary N) is 1. The molecular weight excluding hydrogens is 617 g/mol. The van der Waals surface area contributed by atoms with E-state index in [4.69, 9.17) is 14.2 Å². The molecule has 0 bridgehead atoms. The Morgan fingerprint density at radius 3 is 2.45 bits per heavy atom. The smallest absolute Gasteiger partial charge is 0.408 e. The second-order valence-electron chi connectivity index (χ2n) is 11.3. The van der Waals surface area contributed by atoms with Gasteiger partial charge in [0, 0.05) is 37.1 Å². The molecule has 0 saturated heterocycles. The van der Waals surface area contributed by atoms with Crippen LogP contribution in [0.5, 0.6) is 11.5 Å². The summed E-state index contributed by atoms with van der Waals surface area (Å²) in [4.78, 5) is 28.3. The Morgan fingerprint density at radius 1 is 1.16 bits per heavy atom. The first-order chi connectivity index (χ1) is 17.7. The third-order valence-corrected chi connectivity index (χ3v) is 8.00. The number of rotatable bonds is 11. The number of halogens is 1. The largest absolute Gasteiger partial charge is 0.480 e. The third-order valence-electron chi connectivity index (χ3n) is 5.48. The molecule has 1 aromatic carbocycles. The van der Waals surface area contributed by atoms with Crippen LogP contribution in [0.2, 0.25) is 25.7 Å². The van der Waals surface area contributed by atoms with E-state index in [9.17, 15) is 14.7 Å². The fraction of sp³-hybridized carbons (Fsp3) is 0.444. The average molecular weight is 654 g/mol. The SMILES string of the molecule is CC(C)(C)OC(=O)N[C@@H](Cc1ccc(Oc2ccnc3c2c(I)cn3COCC[Si](C)(C)C)cc1)C(=O)O. The van der Waals surface area contributed by atoms with Crippen LogP contribution < -0.4 is 10.1 Å². The molecule has 3 rings (SSSR count). The van der Waals surface area contributed by atoms with E-state index >= 15 is 0 Å². The Balaban J connectivity index is 1.68. The van der Waals surface area contributed by atoms with Crippen molar-refractivity contribution in [2.75, 3.05) is 6.61 Å². The Hall–Kier alpha value is -2.64. The number of pyridine rings is 1. The molecular formula is C27H36IN3O6Si. The van der Waals surface area contributed by atoms with Crippen LogP contribution in [0.3, 0.4) is 0 Å². The van der Waals surface area contributed by atoms with Crippen molar-refractivity contribution < 1.29 is 28.9 Å². The summed E-state index contributed by atoms with van der Waals surface area (Å²) in [6.45, 7) is 13.3. The topological polar surface area (TPSA) is 112 Å². The van der Waals surface area contributed by atoms with Crippen LogP contribution in [0.25, 0.3) is 11.0 Å². The number of carboxylic acid groups (broad SMARTS) is 1. The first-order valence-corrected chi connectivity index (χ1v) is 17.2. The van der Waals surface area contributed by atoms with Gasteiger partial charge in [0.2, 0.25) is 0 Å². The van der Waals surface area contributed by atoms with E-state index in [1.54, 1.807) is 51.2 Å². The molecule has 0 unspecified atom stereocenters. The van der Waals surface area contributed by atoms with Crippen LogP contribution in [0.1, 0.15) is 26.3 Å². The zero-order chi connectivity index (χ0) is 28.1. The summed E-state index contributed by atoms with van der Waals surface area (Å²) in [7, 11) is -1.16. The van der Waals surface area contributed by atoms with Gasteiger partial charge in [-0.25, -0.2) is 14.6 Å². The molecule has 38 heavy (non-hydrogen) atoms. The second kappa shape index (κ2) is 12.5. The van der Waals surface area contributed by atoms with Crippen LogP contribution in [-0.4, -0.2) is 53.0 Å². The third kappa shape index (κ3) is 8.98. The van der Waals surface area contributed by atoms with Gasteiger partial charge < -0.3 is 29.2 Å². The van der Waals surface area contributed by atoms with Gasteiger partial charge in [-0.1, -0.05) is 31.8 Å². The summed E-state index contributed by atoms with van der Waals surface area (Å²) in [5, 5.41) is 12.9. The molecule has 0 aliphatic rings. The van der Waals surface area contributed by atoms with Crippen LogP contribution in [0.4, 0.5) is 4.79 Å². The highest BCUT2D eigenvalue weighted by atomic mass is 127. The molecule has 3 aromatic rings. The lowest BCUT2D eigenvalue weighted by molar-refractivity contribution is -0.139. The van der Waals surface area contributed by atoms with E-state index in [2.05, 4.69) is 52.5 Å². The minimum absolute atomic E-state index is 0.104. The Bertz CT molecular complexity index is 1260. The number of nitrogens with zero attached hydrogens (tertiary/aromatic N) is 2. The van der Waals surface area contributed by atoms with Crippen LogP contribution >= 0.6 is 22.6 Å². The van der Waals surface area contributed by atoms with Crippen molar-refractivity contribution in [2.24, 2.45) is 0 Å². The van der Waals surface area contributed by atoms with Gasteiger partial charge in [0.1, 0.15) is 35.5 Å². The number of carbonyl (C=O) groups excluding carboxylic acids is 1. The quantitative estimate of drug-likeness (QED) is 0.143. The number of hydrogen-bond donors (Lipinski definition) is 2. The summed E-state index contributed by atoms with van der Waals surface area (Å²) >= 11 is 2.27. The van der Waals surface area contributed by atoms with Gasteiger partial charge in [-0.15, -0.1) is 0 Å². The summed E-state index contributed by atoms with van der Waals surface area (Å²) in [5.41, 5.74) is 0.801. The van der Waals surface area contributed by atoms with E-state index in [-0.39, 0.29) is 6.42 Å². The number of carbonyl (C=O) groups is 2. The van der Waals surface area contributed by atoms with Crippen LogP contribution in [0, 0.1) is 3.57 Å².